The summed E-state index contributed by atoms with van der Waals surface area (Å²) < 4.78 is 5.17. The van der Waals surface area contributed by atoms with Crippen LogP contribution in [0.25, 0.3) is 0 Å². The summed E-state index contributed by atoms with van der Waals surface area (Å²) in [6.07, 6.45) is 1.16. The predicted octanol–water partition coefficient (Wildman–Crippen LogP) is 3.05. The summed E-state index contributed by atoms with van der Waals surface area (Å²) >= 11 is 5.91. The first-order valence-corrected chi connectivity index (χ1v) is 6.03. The van der Waals surface area contributed by atoms with E-state index in [2.05, 4.69) is 0 Å². The van der Waals surface area contributed by atoms with Crippen LogP contribution in [0.1, 0.15) is 37.0 Å². The summed E-state index contributed by atoms with van der Waals surface area (Å²) in [5.74, 6) is 0.387. The molecule has 1 aromatic rings. The van der Waals surface area contributed by atoms with E-state index in [1.165, 1.54) is 7.11 Å². The quantitative estimate of drug-likeness (QED) is 0.823. The number of ketones is 1. The van der Waals surface area contributed by atoms with E-state index in [4.69, 9.17) is 22.1 Å². The SMILES string of the molecule is CCC(N)(CC)C(=O)c1cc(Cl)ccc1OC. The number of rotatable bonds is 5. The van der Waals surface area contributed by atoms with Crippen molar-refractivity contribution < 1.29 is 9.53 Å². The molecule has 0 amide bonds. The molecule has 0 fully saturated rings. The number of benzene rings is 1. The average Bonchev–Trinajstić information content (AvgIpc) is 2.36. The Bertz CT molecular complexity index is 414. The monoisotopic (exact) mass is 255 g/mol. The normalized spacial score (nSPS) is 11.4. The number of Topliss-reactive ketones (excluding diaryl/α,β-unsaturated/α-hetero) is 1. The first-order chi connectivity index (χ1) is 7.98. The predicted molar refractivity (Wildman–Crippen MR) is 69.8 cm³/mol. The zero-order chi connectivity index (χ0) is 13.1. The van der Waals surface area contributed by atoms with E-state index < -0.39 is 5.54 Å². The lowest BCUT2D eigenvalue weighted by Gasteiger charge is -2.25. The number of methoxy groups -OCH3 is 1. The van der Waals surface area contributed by atoms with Crippen LogP contribution in [0, 0.1) is 0 Å². The number of hydrogen-bond acceptors (Lipinski definition) is 3. The summed E-state index contributed by atoms with van der Waals surface area (Å²) in [7, 11) is 1.52. The molecule has 0 aromatic heterocycles. The van der Waals surface area contributed by atoms with E-state index in [9.17, 15) is 4.79 Å². The highest BCUT2D eigenvalue weighted by molar-refractivity contribution is 6.31. The van der Waals surface area contributed by atoms with Gasteiger partial charge in [0, 0.05) is 5.02 Å². The zero-order valence-corrected chi connectivity index (χ0v) is 11.2. The summed E-state index contributed by atoms with van der Waals surface area (Å²) in [4.78, 5) is 12.4. The molecule has 1 aromatic carbocycles. The Kier molecular flexibility index (Phi) is 4.54. The van der Waals surface area contributed by atoms with E-state index >= 15 is 0 Å². The van der Waals surface area contributed by atoms with Crippen LogP contribution in [0.3, 0.4) is 0 Å². The maximum Gasteiger partial charge on any atom is 0.186 e. The van der Waals surface area contributed by atoms with Crippen LogP contribution < -0.4 is 10.5 Å². The highest BCUT2D eigenvalue weighted by Crippen LogP contribution is 2.28. The molecule has 1 rings (SSSR count). The molecule has 2 N–H and O–H groups in total. The Morgan fingerprint density at radius 3 is 2.47 bits per heavy atom. The first kappa shape index (κ1) is 14.0. The molecule has 0 unspecified atom stereocenters. The lowest BCUT2D eigenvalue weighted by Crippen LogP contribution is -2.46. The van der Waals surface area contributed by atoms with Gasteiger partial charge in [0.25, 0.3) is 0 Å². The van der Waals surface area contributed by atoms with Crippen molar-refractivity contribution in [3.63, 3.8) is 0 Å². The van der Waals surface area contributed by atoms with Crippen molar-refractivity contribution in [3.05, 3.63) is 28.8 Å². The number of carbonyl (C=O) groups excluding carboxylic acids is 1. The van der Waals surface area contributed by atoms with E-state index in [1.807, 2.05) is 13.8 Å². The number of ether oxygens (including phenoxy) is 1. The fraction of sp³-hybridized carbons (Fsp3) is 0.462. The lowest BCUT2D eigenvalue weighted by atomic mass is 9.85. The van der Waals surface area contributed by atoms with E-state index in [0.29, 0.717) is 29.2 Å². The molecule has 0 heterocycles. The van der Waals surface area contributed by atoms with Crippen molar-refractivity contribution in [2.45, 2.75) is 32.2 Å². The summed E-state index contributed by atoms with van der Waals surface area (Å²) in [5, 5.41) is 0.503. The second-order valence-corrected chi connectivity index (χ2v) is 4.47. The standard InChI is InChI=1S/C13H18ClNO2/c1-4-13(15,5-2)12(16)10-8-9(14)6-7-11(10)17-3/h6-8H,4-5,15H2,1-3H3. The second kappa shape index (κ2) is 5.52. The van der Waals surface area contributed by atoms with Crippen LogP contribution in [0.15, 0.2) is 18.2 Å². The molecule has 0 aliphatic heterocycles. The molecular formula is C13H18ClNO2. The molecule has 0 spiro atoms. The van der Waals surface area contributed by atoms with Crippen molar-refractivity contribution in [1.82, 2.24) is 0 Å². The smallest absolute Gasteiger partial charge is 0.186 e. The van der Waals surface area contributed by atoms with E-state index in [0.717, 1.165) is 0 Å². The maximum absolute atomic E-state index is 12.4. The highest BCUT2D eigenvalue weighted by Gasteiger charge is 2.32. The van der Waals surface area contributed by atoms with Gasteiger partial charge >= 0.3 is 0 Å². The molecule has 0 bridgehead atoms. The third-order valence-electron chi connectivity index (χ3n) is 3.12. The Morgan fingerprint density at radius 1 is 1.41 bits per heavy atom. The Labute approximate surface area is 107 Å². The molecule has 4 heteroatoms. The minimum absolute atomic E-state index is 0.123. The van der Waals surface area contributed by atoms with Crippen molar-refractivity contribution >= 4 is 17.4 Å². The van der Waals surface area contributed by atoms with Gasteiger partial charge in [-0.25, -0.2) is 0 Å². The maximum atomic E-state index is 12.4. The van der Waals surface area contributed by atoms with Crippen LogP contribution in [-0.4, -0.2) is 18.4 Å². The Balaban J connectivity index is 3.23. The summed E-state index contributed by atoms with van der Waals surface area (Å²) in [6, 6.07) is 4.98. The number of nitrogens with two attached hydrogens (primary N) is 1. The molecule has 0 aliphatic rings. The Morgan fingerprint density at radius 2 is 2.00 bits per heavy atom. The van der Waals surface area contributed by atoms with Gasteiger partial charge in [-0.3, -0.25) is 4.79 Å². The molecule has 0 saturated carbocycles. The van der Waals surface area contributed by atoms with Gasteiger partial charge in [0.1, 0.15) is 5.75 Å². The number of halogens is 1. The van der Waals surface area contributed by atoms with Gasteiger partial charge in [-0.2, -0.15) is 0 Å². The van der Waals surface area contributed by atoms with Crippen molar-refractivity contribution in [2.75, 3.05) is 7.11 Å². The first-order valence-electron chi connectivity index (χ1n) is 5.65. The molecule has 94 valence electrons. The molecule has 0 saturated heterocycles. The van der Waals surface area contributed by atoms with Gasteiger partial charge in [-0.1, -0.05) is 25.4 Å². The average molecular weight is 256 g/mol. The van der Waals surface area contributed by atoms with Crippen LogP contribution in [0.4, 0.5) is 0 Å². The Hall–Kier alpha value is -1.06. The molecule has 0 radical (unpaired) electrons. The number of hydrogen-bond donors (Lipinski definition) is 1. The largest absolute Gasteiger partial charge is 0.496 e. The number of carbonyl (C=O) groups is 1. The zero-order valence-electron chi connectivity index (χ0n) is 10.4. The minimum atomic E-state index is -0.849. The van der Waals surface area contributed by atoms with E-state index in [1.54, 1.807) is 18.2 Å². The minimum Gasteiger partial charge on any atom is -0.496 e. The third kappa shape index (κ3) is 2.79. The summed E-state index contributed by atoms with van der Waals surface area (Å²) in [5.41, 5.74) is 5.70. The molecule has 17 heavy (non-hydrogen) atoms. The summed E-state index contributed by atoms with van der Waals surface area (Å²) in [6.45, 7) is 3.80. The molecule has 0 atom stereocenters. The van der Waals surface area contributed by atoms with Crippen LogP contribution >= 0.6 is 11.6 Å². The molecular weight excluding hydrogens is 238 g/mol. The molecule has 3 nitrogen and oxygen atoms in total. The topological polar surface area (TPSA) is 52.3 Å². The van der Waals surface area contributed by atoms with Gasteiger partial charge in [0.15, 0.2) is 5.78 Å². The van der Waals surface area contributed by atoms with Crippen LogP contribution in [0.2, 0.25) is 5.02 Å². The van der Waals surface area contributed by atoms with E-state index in [-0.39, 0.29) is 5.78 Å². The van der Waals surface area contributed by atoms with Crippen molar-refractivity contribution in [3.8, 4) is 5.75 Å². The van der Waals surface area contributed by atoms with Gasteiger partial charge in [-0.15, -0.1) is 0 Å². The fourth-order valence-corrected chi connectivity index (χ4v) is 1.87. The van der Waals surface area contributed by atoms with Gasteiger partial charge in [-0.05, 0) is 31.0 Å². The highest BCUT2D eigenvalue weighted by atomic mass is 35.5. The van der Waals surface area contributed by atoms with Gasteiger partial charge in [0.2, 0.25) is 0 Å². The van der Waals surface area contributed by atoms with Crippen LogP contribution in [-0.2, 0) is 0 Å². The van der Waals surface area contributed by atoms with Gasteiger partial charge in [0.05, 0.1) is 18.2 Å². The third-order valence-corrected chi connectivity index (χ3v) is 3.36. The lowest BCUT2D eigenvalue weighted by molar-refractivity contribution is 0.0876. The fourth-order valence-electron chi connectivity index (χ4n) is 1.70. The van der Waals surface area contributed by atoms with Crippen LogP contribution in [0.5, 0.6) is 5.75 Å². The van der Waals surface area contributed by atoms with Crippen molar-refractivity contribution in [1.29, 1.82) is 0 Å². The second-order valence-electron chi connectivity index (χ2n) is 4.04. The van der Waals surface area contributed by atoms with Crippen molar-refractivity contribution in [2.24, 2.45) is 5.73 Å². The van der Waals surface area contributed by atoms with Gasteiger partial charge < -0.3 is 10.5 Å². The molecule has 0 aliphatic carbocycles.